The lowest BCUT2D eigenvalue weighted by Crippen LogP contribution is -2.15. The second-order valence-electron chi connectivity index (χ2n) is 4.34. The minimum Gasteiger partial charge on any atom is -0.320 e. The van der Waals surface area contributed by atoms with Crippen LogP contribution in [0.3, 0.4) is 0 Å². The third-order valence-electron chi connectivity index (χ3n) is 2.78. The summed E-state index contributed by atoms with van der Waals surface area (Å²) in [6.45, 7) is 0. The summed E-state index contributed by atoms with van der Waals surface area (Å²) in [4.78, 5) is 12.0. The molecule has 1 N–H and O–H groups in total. The molecule has 23 heavy (non-hydrogen) atoms. The SMILES string of the molecule is O=C(Nc1ccccc1Cl)C(Cl)=C(Cl)S(=O)(=O)c1ccccc1. The maximum Gasteiger partial charge on any atom is 0.269 e. The van der Waals surface area contributed by atoms with Crippen LogP contribution in [0.2, 0.25) is 5.02 Å². The Kier molecular flexibility index (Phi) is 5.70. The molecule has 8 heteroatoms. The lowest BCUT2D eigenvalue weighted by atomic mass is 10.3. The number of sulfone groups is 1. The summed E-state index contributed by atoms with van der Waals surface area (Å²) in [5, 5.41) is 2.05. The number of para-hydroxylation sites is 1. The molecule has 2 aromatic rings. The molecule has 0 atom stereocenters. The summed E-state index contributed by atoms with van der Waals surface area (Å²) in [7, 11) is -4.07. The van der Waals surface area contributed by atoms with Crippen LogP contribution >= 0.6 is 34.8 Å². The predicted octanol–water partition coefficient (Wildman–Crippen LogP) is 4.40. The Bertz CT molecular complexity index is 865. The van der Waals surface area contributed by atoms with Gasteiger partial charge in [-0.1, -0.05) is 65.1 Å². The Morgan fingerprint density at radius 3 is 2.09 bits per heavy atom. The van der Waals surface area contributed by atoms with Crippen molar-refractivity contribution >= 4 is 56.2 Å². The average Bonchev–Trinajstić information content (AvgIpc) is 2.56. The number of nitrogens with one attached hydrogen (secondary N) is 1. The predicted molar refractivity (Wildman–Crippen MR) is 92.4 cm³/mol. The number of halogens is 3. The van der Waals surface area contributed by atoms with Crippen molar-refractivity contribution < 1.29 is 13.2 Å². The molecule has 0 spiro atoms. The first-order valence-electron chi connectivity index (χ1n) is 6.25. The van der Waals surface area contributed by atoms with E-state index >= 15 is 0 Å². The molecule has 120 valence electrons. The van der Waals surface area contributed by atoms with Gasteiger partial charge in [0.2, 0.25) is 9.84 Å². The Morgan fingerprint density at radius 1 is 0.913 bits per heavy atom. The molecule has 0 unspecified atom stereocenters. The number of anilines is 1. The van der Waals surface area contributed by atoms with Gasteiger partial charge in [-0.05, 0) is 24.3 Å². The molecular formula is C15H10Cl3NO3S. The van der Waals surface area contributed by atoms with Gasteiger partial charge in [-0.25, -0.2) is 8.42 Å². The second-order valence-corrected chi connectivity index (χ2v) is 7.61. The third kappa shape index (κ3) is 4.06. The first-order valence-corrected chi connectivity index (χ1v) is 8.87. The van der Waals surface area contributed by atoms with Crippen LogP contribution in [0.15, 0.2) is 68.9 Å². The zero-order valence-electron chi connectivity index (χ0n) is 11.5. The van der Waals surface area contributed by atoms with Gasteiger partial charge in [0, 0.05) is 0 Å². The summed E-state index contributed by atoms with van der Waals surface area (Å²) >= 11 is 17.6. The van der Waals surface area contributed by atoms with Gasteiger partial charge < -0.3 is 5.32 Å². The largest absolute Gasteiger partial charge is 0.320 e. The van der Waals surface area contributed by atoms with Crippen LogP contribution in [0.4, 0.5) is 5.69 Å². The van der Waals surface area contributed by atoms with E-state index in [1.54, 1.807) is 30.3 Å². The van der Waals surface area contributed by atoms with E-state index in [0.717, 1.165) is 0 Å². The van der Waals surface area contributed by atoms with Crippen molar-refractivity contribution in [3.8, 4) is 0 Å². The monoisotopic (exact) mass is 389 g/mol. The summed E-state index contributed by atoms with van der Waals surface area (Å²) in [5.74, 6) is -0.871. The summed E-state index contributed by atoms with van der Waals surface area (Å²) in [6, 6.07) is 13.9. The molecule has 2 rings (SSSR count). The van der Waals surface area contributed by atoms with Gasteiger partial charge in [-0.2, -0.15) is 0 Å². The number of hydrogen-bond donors (Lipinski definition) is 1. The summed E-state index contributed by atoms with van der Waals surface area (Å²) in [6.07, 6.45) is 0. The van der Waals surface area contributed by atoms with Crippen molar-refractivity contribution in [3.05, 3.63) is 69.0 Å². The molecule has 0 aliphatic carbocycles. The molecule has 0 fully saturated rings. The van der Waals surface area contributed by atoms with Crippen molar-refractivity contribution in [2.24, 2.45) is 0 Å². The zero-order valence-corrected chi connectivity index (χ0v) is 14.5. The molecular weight excluding hydrogens is 381 g/mol. The van der Waals surface area contributed by atoms with Gasteiger partial charge >= 0.3 is 0 Å². The van der Waals surface area contributed by atoms with Crippen molar-refractivity contribution in [2.75, 3.05) is 5.32 Å². The van der Waals surface area contributed by atoms with E-state index < -0.39 is 25.1 Å². The minimum atomic E-state index is -4.07. The molecule has 0 aliphatic rings. The Hall–Kier alpha value is -1.53. The number of carbonyl (C=O) groups excluding carboxylic acids is 1. The van der Waals surface area contributed by atoms with Gasteiger partial charge in [0.15, 0.2) is 4.36 Å². The molecule has 2 aromatic carbocycles. The number of amides is 1. The fourth-order valence-electron chi connectivity index (χ4n) is 1.65. The van der Waals surface area contributed by atoms with Gasteiger partial charge in [0.25, 0.3) is 5.91 Å². The smallest absolute Gasteiger partial charge is 0.269 e. The fraction of sp³-hybridized carbons (Fsp3) is 0. The quantitative estimate of drug-likeness (QED) is 0.787. The molecule has 0 saturated carbocycles. The zero-order chi connectivity index (χ0) is 17.0. The highest BCUT2D eigenvalue weighted by Gasteiger charge is 2.25. The van der Waals surface area contributed by atoms with Crippen LogP contribution in [0, 0.1) is 0 Å². The van der Waals surface area contributed by atoms with Crippen LogP contribution in [0.5, 0.6) is 0 Å². The molecule has 4 nitrogen and oxygen atoms in total. The minimum absolute atomic E-state index is 0.0614. The van der Waals surface area contributed by atoms with Gasteiger partial charge in [-0.15, -0.1) is 0 Å². The second kappa shape index (κ2) is 7.36. The van der Waals surface area contributed by atoms with E-state index in [1.807, 2.05) is 0 Å². The summed E-state index contributed by atoms with van der Waals surface area (Å²) in [5.41, 5.74) is 0.291. The van der Waals surface area contributed by atoms with Crippen LogP contribution in [-0.2, 0) is 14.6 Å². The van der Waals surface area contributed by atoms with Crippen LogP contribution < -0.4 is 5.32 Å². The van der Waals surface area contributed by atoms with Crippen LogP contribution in [0.25, 0.3) is 0 Å². The van der Waals surface area contributed by atoms with Gasteiger partial charge in [-0.3, -0.25) is 4.79 Å². The highest BCUT2D eigenvalue weighted by molar-refractivity contribution is 7.97. The van der Waals surface area contributed by atoms with E-state index in [1.165, 1.54) is 24.3 Å². The third-order valence-corrected chi connectivity index (χ3v) is 6.05. The van der Waals surface area contributed by atoms with Gasteiger partial charge in [0.05, 0.1) is 15.6 Å². The maximum absolute atomic E-state index is 12.3. The molecule has 0 bridgehead atoms. The Morgan fingerprint density at radius 2 is 1.48 bits per heavy atom. The molecule has 0 aromatic heterocycles. The number of hydrogen-bond acceptors (Lipinski definition) is 3. The average molecular weight is 391 g/mol. The standard InChI is InChI=1S/C15H10Cl3NO3S/c16-11-8-4-5-9-12(11)19-15(20)13(17)14(18)23(21,22)10-6-2-1-3-7-10/h1-9H,(H,19,20). The Labute approximate surface area is 148 Å². The van der Waals surface area contributed by atoms with Crippen molar-refractivity contribution in [1.29, 1.82) is 0 Å². The lowest BCUT2D eigenvalue weighted by Gasteiger charge is -2.08. The number of carbonyl (C=O) groups is 1. The van der Waals surface area contributed by atoms with Gasteiger partial charge in [0.1, 0.15) is 5.03 Å². The van der Waals surface area contributed by atoms with E-state index in [0.29, 0.717) is 5.69 Å². The van der Waals surface area contributed by atoms with Crippen molar-refractivity contribution in [1.82, 2.24) is 0 Å². The molecule has 0 aliphatic heterocycles. The van der Waals surface area contributed by atoms with E-state index in [4.69, 9.17) is 34.8 Å². The van der Waals surface area contributed by atoms with Crippen LogP contribution in [0.1, 0.15) is 0 Å². The maximum atomic E-state index is 12.3. The van der Waals surface area contributed by atoms with E-state index in [-0.39, 0.29) is 9.92 Å². The molecule has 1 amide bonds. The van der Waals surface area contributed by atoms with E-state index in [2.05, 4.69) is 5.32 Å². The van der Waals surface area contributed by atoms with Crippen LogP contribution in [-0.4, -0.2) is 14.3 Å². The lowest BCUT2D eigenvalue weighted by molar-refractivity contribution is -0.112. The highest BCUT2D eigenvalue weighted by Crippen LogP contribution is 2.28. The fourth-order valence-corrected chi connectivity index (χ4v) is 3.59. The number of benzene rings is 2. The van der Waals surface area contributed by atoms with Crippen molar-refractivity contribution in [2.45, 2.75) is 4.90 Å². The summed E-state index contributed by atoms with van der Waals surface area (Å²) < 4.78 is 23.9. The topological polar surface area (TPSA) is 63.2 Å². The normalized spacial score (nSPS) is 12.5. The Balaban J connectivity index is 2.33. The molecule has 0 radical (unpaired) electrons. The first-order chi connectivity index (χ1) is 10.8. The highest BCUT2D eigenvalue weighted by atomic mass is 35.5. The molecule has 0 heterocycles. The molecule has 0 saturated heterocycles. The first kappa shape index (κ1) is 17.8. The number of rotatable bonds is 4. The van der Waals surface area contributed by atoms with E-state index in [9.17, 15) is 13.2 Å². The van der Waals surface area contributed by atoms with Crippen molar-refractivity contribution in [3.63, 3.8) is 0 Å².